The van der Waals surface area contributed by atoms with Crippen molar-refractivity contribution < 1.29 is 9.53 Å². The first-order valence-electron chi connectivity index (χ1n) is 10.6. The van der Waals surface area contributed by atoms with Crippen LogP contribution in [0, 0.1) is 11.8 Å². The monoisotopic (exact) mass is 425 g/mol. The fraction of sp³-hybridized carbons (Fsp3) is 0.458. The molecule has 0 radical (unpaired) electrons. The molecule has 160 valence electrons. The molecule has 2 aliphatic heterocycles. The number of thioether (sulfide) groups is 1. The number of likely N-dealkylation sites (tertiary alicyclic amines) is 2. The van der Waals surface area contributed by atoms with Crippen molar-refractivity contribution in [2.45, 2.75) is 17.4 Å². The first-order valence-corrected chi connectivity index (χ1v) is 11.9. The maximum Gasteiger partial charge on any atom is 0.257 e. The summed E-state index contributed by atoms with van der Waals surface area (Å²) < 4.78 is 5.49. The van der Waals surface area contributed by atoms with Crippen LogP contribution in [0.3, 0.4) is 0 Å². The van der Waals surface area contributed by atoms with E-state index in [1.807, 2.05) is 47.6 Å². The third-order valence-corrected chi connectivity index (χ3v) is 7.20. The number of amides is 1. The van der Waals surface area contributed by atoms with Crippen LogP contribution in [-0.2, 0) is 0 Å². The number of nitrogens with two attached hydrogens (primary N) is 1. The number of nitrogens with zero attached hydrogens (tertiary/aromatic N) is 2. The van der Waals surface area contributed by atoms with Gasteiger partial charge < -0.3 is 20.3 Å². The van der Waals surface area contributed by atoms with Gasteiger partial charge in [-0.15, -0.1) is 11.8 Å². The molecule has 4 rings (SSSR count). The van der Waals surface area contributed by atoms with Crippen molar-refractivity contribution in [3.8, 4) is 5.75 Å². The molecule has 1 amide bonds. The third kappa shape index (κ3) is 4.51. The summed E-state index contributed by atoms with van der Waals surface area (Å²) in [7, 11) is 1.63. The first kappa shape index (κ1) is 21.2. The minimum Gasteiger partial charge on any atom is -0.496 e. The van der Waals surface area contributed by atoms with Gasteiger partial charge in [-0.25, -0.2) is 0 Å². The number of ether oxygens (including phenoxy) is 1. The molecule has 0 bridgehead atoms. The Hall–Kier alpha value is -2.02. The summed E-state index contributed by atoms with van der Waals surface area (Å²) >= 11 is 1.65. The predicted octanol–water partition coefficient (Wildman–Crippen LogP) is 3.51. The summed E-state index contributed by atoms with van der Waals surface area (Å²) in [5, 5.41) is 0. The highest BCUT2D eigenvalue weighted by Gasteiger charge is 2.41. The van der Waals surface area contributed by atoms with E-state index in [-0.39, 0.29) is 11.9 Å². The van der Waals surface area contributed by atoms with Crippen LogP contribution in [0.5, 0.6) is 5.75 Å². The summed E-state index contributed by atoms with van der Waals surface area (Å²) in [5.74, 6) is 1.86. The SMILES string of the molecule is COc1cc(SC)ccc1C(=O)N1CC2CN(CC[C@H](N)c3ccccc3)CC2C1. The van der Waals surface area contributed by atoms with Crippen LogP contribution in [0.15, 0.2) is 53.4 Å². The molecule has 2 N–H and O–H groups in total. The van der Waals surface area contributed by atoms with E-state index >= 15 is 0 Å². The van der Waals surface area contributed by atoms with Crippen LogP contribution in [0.2, 0.25) is 0 Å². The Labute approximate surface area is 183 Å². The molecule has 6 heteroatoms. The van der Waals surface area contributed by atoms with Crippen molar-refractivity contribution in [2.75, 3.05) is 46.1 Å². The highest BCUT2D eigenvalue weighted by Crippen LogP contribution is 2.34. The minimum atomic E-state index is 0.0847. The zero-order valence-electron chi connectivity index (χ0n) is 17.8. The van der Waals surface area contributed by atoms with Crippen LogP contribution >= 0.6 is 11.8 Å². The molecular weight excluding hydrogens is 394 g/mol. The molecule has 0 aliphatic carbocycles. The zero-order chi connectivity index (χ0) is 21.1. The van der Waals surface area contributed by atoms with Crippen LogP contribution in [-0.4, -0.2) is 61.8 Å². The molecule has 2 fully saturated rings. The Morgan fingerprint density at radius 1 is 1.13 bits per heavy atom. The summed E-state index contributed by atoms with van der Waals surface area (Å²) in [4.78, 5) is 18.8. The largest absolute Gasteiger partial charge is 0.496 e. The lowest BCUT2D eigenvalue weighted by atomic mass is 10.0. The van der Waals surface area contributed by atoms with Gasteiger partial charge in [-0.1, -0.05) is 30.3 Å². The van der Waals surface area contributed by atoms with Crippen LogP contribution in [0.25, 0.3) is 0 Å². The Morgan fingerprint density at radius 3 is 2.47 bits per heavy atom. The second kappa shape index (κ2) is 9.41. The molecular formula is C24H31N3O2S. The van der Waals surface area contributed by atoms with E-state index in [9.17, 15) is 4.79 Å². The minimum absolute atomic E-state index is 0.0847. The third-order valence-electron chi connectivity index (χ3n) is 6.47. The predicted molar refractivity (Wildman–Crippen MR) is 122 cm³/mol. The molecule has 30 heavy (non-hydrogen) atoms. The number of methoxy groups -OCH3 is 1. The number of carbonyl (C=O) groups excluding carboxylic acids is 1. The normalized spacial score (nSPS) is 22.2. The number of hydrogen-bond acceptors (Lipinski definition) is 5. The number of benzene rings is 2. The Morgan fingerprint density at radius 2 is 1.83 bits per heavy atom. The summed E-state index contributed by atoms with van der Waals surface area (Å²) in [6.45, 7) is 4.79. The molecule has 0 aromatic heterocycles. The van der Waals surface area contributed by atoms with Crippen molar-refractivity contribution in [2.24, 2.45) is 17.6 Å². The second-order valence-corrected chi connectivity index (χ2v) is 9.24. The van der Waals surface area contributed by atoms with E-state index in [1.54, 1.807) is 18.9 Å². The summed E-state index contributed by atoms with van der Waals surface area (Å²) in [6, 6.07) is 16.3. The van der Waals surface area contributed by atoms with E-state index in [4.69, 9.17) is 10.5 Å². The van der Waals surface area contributed by atoms with E-state index in [2.05, 4.69) is 17.0 Å². The summed E-state index contributed by atoms with van der Waals surface area (Å²) in [6.07, 6.45) is 2.99. The molecule has 0 spiro atoms. The highest BCUT2D eigenvalue weighted by molar-refractivity contribution is 7.98. The van der Waals surface area contributed by atoms with E-state index < -0.39 is 0 Å². The van der Waals surface area contributed by atoms with Crippen molar-refractivity contribution in [3.63, 3.8) is 0 Å². The molecule has 2 unspecified atom stereocenters. The van der Waals surface area contributed by atoms with Gasteiger partial charge in [-0.3, -0.25) is 4.79 Å². The molecule has 0 saturated carbocycles. The van der Waals surface area contributed by atoms with Crippen molar-refractivity contribution in [1.29, 1.82) is 0 Å². The van der Waals surface area contributed by atoms with Crippen molar-refractivity contribution in [3.05, 3.63) is 59.7 Å². The van der Waals surface area contributed by atoms with Crippen LogP contribution in [0.4, 0.5) is 0 Å². The van der Waals surface area contributed by atoms with Gasteiger partial charge in [0.2, 0.25) is 0 Å². The van der Waals surface area contributed by atoms with Gasteiger partial charge in [-0.2, -0.15) is 0 Å². The Balaban J connectivity index is 1.31. The molecule has 2 aromatic carbocycles. The maximum absolute atomic E-state index is 13.1. The molecule has 2 aromatic rings. The topological polar surface area (TPSA) is 58.8 Å². The molecule has 2 saturated heterocycles. The second-order valence-electron chi connectivity index (χ2n) is 8.36. The average Bonchev–Trinajstić information content (AvgIpc) is 3.36. The lowest BCUT2D eigenvalue weighted by Gasteiger charge is -2.23. The fourth-order valence-electron chi connectivity index (χ4n) is 4.77. The van der Waals surface area contributed by atoms with Gasteiger partial charge >= 0.3 is 0 Å². The van der Waals surface area contributed by atoms with Gasteiger partial charge in [0.15, 0.2) is 0 Å². The zero-order valence-corrected chi connectivity index (χ0v) is 18.6. The number of carbonyl (C=O) groups is 1. The number of hydrogen-bond donors (Lipinski definition) is 1. The Kier molecular flexibility index (Phi) is 6.66. The van der Waals surface area contributed by atoms with Gasteiger partial charge in [0.25, 0.3) is 5.91 Å². The highest BCUT2D eigenvalue weighted by atomic mass is 32.2. The molecule has 5 nitrogen and oxygen atoms in total. The van der Waals surface area contributed by atoms with Gasteiger partial charge in [0.05, 0.1) is 12.7 Å². The van der Waals surface area contributed by atoms with E-state index in [0.717, 1.165) is 44.0 Å². The lowest BCUT2D eigenvalue weighted by Crippen LogP contribution is -2.34. The van der Waals surface area contributed by atoms with E-state index in [1.165, 1.54) is 5.56 Å². The molecule has 2 aliphatic rings. The van der Waals surface area contributed by atoms with Crippen LogP contribution in [0.1, 0.15) is 28.4 Å². The maximum atomic E-state index is 13.1. The Bertz CT molecular complexity index is 862. The molecule has 3 atom stereocenters. The number of fused-ring (bicyclic) bond motifs is 1. The molecule has 2 heterocycles. The van der Waals surface area contributed by atoms with Gasteiger partial charge in [0, 0.05) is 37.1 Å². The van der Waals surface area contributed by atoms with Crippen molar-refractivity contribution in [1.82, 2.24) is 9.80 Å². The van der Waals surface area contributed by atoms with Gasteiger partial charge in [-0.05, 0) is 54.8 Å². The standard InChI is InChI=1S/C24H31N3O2S/c1-29-23-12-20(30-2)8-9-21(23)24(28)27-15-18-13-26(14-19(18)16-27)11-10-22(25)17-6-4-3-5-7-17/h3-9,12,18-19,22H,10-11,13-16,25H2,1-2H3/t18?,19?,22-/m0/s1. The summed E-state index contributed by atoms with van der Waals surface area (Å²) in [5.41, 5.74) is 8.24. The fourth-order valence-corrected chi connectivity index (χ4v) is 5.20. The number of rotatable bonds is 7. The average molecular weight is 426 g/mol. The van der Waals surface area contributed by atoms with Gasteiger partial charge in [0.1, 0.15) is 5.75 Å². The van der Waals surface area contributed by atoms with E-state index in [0.29, 0.717) is 23.1 Å². The van der Waals surface area contributed by atoms with Crippen LogP contribution < -0.4 is 10.5 Å². The smallest absolute Gasteiger partial charge is 0.257 e. The van der Waals surface area contributed by atoms with Crippen molar-refractivity contribution >= 4 is 17.7 Å². The first-order chi connectivity index (χ1) is 14.6. The lowest BCUT2D eigenvalue weighted by molar-refractivity contribution is 0.0770. The quantitative estimate of drug-likeness (QED) is 0.688.